The Morgan fingerprint density at radius 1 is 2.00 bits per heavy atom. The van der Waals surface area contributed by atoms with Gasteiger partial charge < -0.3 is 0 Å². The van der Waals surface area contributed by atoms with E-state index in [9.17, 15) is 0 Å². The van der Waals surface area contributed by atoms with Crippen LogP contribution >= 0.6 is 0 Å². The van der Waals surface area contributed by atoms with E-state index in [4.69, 9.17) is 6.85 Å². The Bertz CT molecular complexity index is 327. The number of allylic oxidation sites excluding steroid dienone is 3. The highest BCUT2D eigenvalue weighted by Gasteiger charge is 2.11. The van der Waals surface area contributed by atoms with Crippen molar-refractivity contribution in [1.82, 2.24) is 0 Å². The number of rotatable bonds is 1. The second kappa shape index (κ2) is 3.05. The summed E-state index contributed by atoms with van der Waals surface area (Å²) in [6.07, 6.45) is -3.48. The van der Waals surface area contributed by atoms with Crippen molar-refractivity contribution in [1.29, 1.82) is 0 Å². The summed E-state index contributed by atoms with van der Waals surface area (Å²) in [7, 11) is 0. The van der Waals surface area contributed by atoms with Gasteiger partial charge in [0.15, 0.2) is 0 Å². The van der Waals surface area contributed by atoms with E-state index in [1.54, 1.807) is 13.8 Å². The van der Waals surface area contributed by atoms with E-state index in [2.05, 4.69) is 6.58 Å². The third-order valence-corrected chi connectivity index (χ3v) is 1.49. The van der Waals surface area contributed by atoms with Crippen molar-refractivity contribution >= 4 is 0 Å². The van der Waals surface area contributed by atoms with Crippen LogP contribution in [0.4, 0.5) is 0 Å². The molecule has 0 unspecified atom stereocenters. The summed E-state index contributed by atoms with van der Waals surface area (Å²) in [6.45, 7) is 6.88. The fourth-order valence-electron chi connectivity index (χ4n) is 0.843. The van der Waals surface area contributed by atoms with Crippen molar-refractivity contribution in [3.63, 3.8) is 0 Å². The Morgan fingerprint density at radius 2 is 2.70 bits per heavy atom. The zero-order valence-electron chi connectivity index (χ0n) is 11.5. The molecule has 1 atom stereocenters. The first-order valence-electron chi connectivity index (χ1n) is 5.93. The third-order valence-electron chi connectivity index (χ3n) is 1.49. The van der Waals surface area contributed by atoms with Gasteiger partial charge in [0, 0.05) is 5.48 Å². The molecule has 0 aromatic carbocycles. The molecule has 0 heterocycles. The minimum atomic E-state index is -1.95. The summed E-state index contributed by atoms with van der Waals surface area (Å²) >= 11 is 0. The van der Waals surface area contributed by atoms with Gasteiger partial charge in [0.05, 0.1) is 1.37 Å². The summed E-state index contributed by atoms with van der Waals surface area (Å²) in [6, 6.07) is -0.0920. The predicted molar refractivity (Wildman–Crippen MR) is 45.9 cm³/mol. The lowest BCUT2D eigenvalue weighted by atomic mass is 9.86. The first-order chi connectivity index (χ1) is 6.60. The summed E-state index contributed by atoms with van der Waals surface area (Å²) in [5.41, 5.74) is 0.949. The van der Waals surface area contributed by atoms with Crippen LogP contribution in [0.3, 0.4) is 0 Å². The summed E-state index contributed by atoms with van der Waals surface area (Å²) < 4.78 is 39.0. The Labute approximate surface area is 70.7 Å². The summed E-state index contributed by atoms with van der Waals surface area (Å²) in [4.78, 5) is 0. The molecule has 0 spiro atoms. The molecule has 0 saturated heterocycles. The monoisotopic (exact) mass is 141 g/mol. The van der Waals surface area contributed by atoms with E-state index in [0.717, 1.165) is 0 Å². The maximum atomic E-state index is 7.84. The first kappa shape index (κ1) is 3.25. The van der Waals surface area contributed by atoms with E-state index < -0.39 is 18.7 Å². The molecule has 0 aromatic rings. The molecule has 0 N–H and O–H groups in total. The van der Waals surface area contributed by atoms with Crippen LogP contribution in [0.5, 0.6) is 0 Å². The standard InChI is InChI=1S/C10H16/c1-8(2)10-6-4-9(3)5-7-10/h4,10H,1,5-7H2,2-3H3/t10-/m1/s1/i4D,6D2,7D2. The lowest BCUT2D eigenvalue weighted by molar-refractivity contribution is 0.540. The molecule has 56 valence electrons. The van der Waals surface area contributed by atoms with E-state index in [1.165, 1.54) is 0 Å². The fourth-order valence-corrected chi connectivity index (χ4v) is 0.843. The van der Waals surface area contributed by atoms with Crippen molar-refractivity contribution in [3.05, 3.63) is 23.8 Å². The van der Waals surface area contributed by atoms with Crippen molar-refractivity contribution in [3.8, 4) is 0 Å². The molecule has 0 amide bonds. The molecule has 0 bridgehead atoms. The lowest BCUT2D eigenvalue weighted by Gasteiger charge is -2.19. The average Bonchev–Trinajstić information content (AvgIpc) is 1.97. The smallest absolute Gasteiger partial charge is 0.0575 e. The van der Waals surface area contributed by atoms with E-state index in [-0.39, 0.29) is 12.5 Å². The summed E-state index contributed by atoms with van der Waals surface area (Å²) in [5, 5.41) is 0. The van der Waals surface area contributed by atoms with Crippen LogP contribution < -0.4 is 0 Å². The number of hydrogen-bond donors (Lipinski definition) is 0. The maximum Gasteiger partial charge on any atom is 0.0575 e. The van der Waals surface area contributed by atoms with Gasteiger partial charge in [-0.2, -0.15) is 0 Å². The van der Waals surface area contributed by atoms with Crippen molar-refractivity contribution in [2.24, 2.45) is 5.92 Å². The molecular formula is C10H16. The molecule has 0 aromatic heterocycles. The topological polar surface area (TPSA) is 0 Å². The van der Waals surface area contributed by atoms with Gasteiger partial charge in [-0.1, -0.05) is 23.8 Å². The van der Waals surface area contributed by atoms with Gasteiger partial charge in [0.1, 0.15) is 0 Å². The minimum absolute atomic E-state index is 0.0920. The van der Waals surface area contributed by atoms with Crippen molar-refractivity contribution in [2.45, 2.75) is 33.0 Å². The highest BCUT2D eigenvalue weighted by atomic mass is 14.2. The van der Waals surface area contributed by atoms with Crippen molar-refractivity contribution < 1.29 is 6.85 Å². The molecule has 0 heteroatoms. The average molecular weight is 141 g/mol. The minimum Gasteiger partial charge on any atom is -0.0998 e. The van der Waals surface area contributed by atoms with Crippen LogP contribution in [0.1, 0.15) is 39.9 Å². The third kappa shape index (κ3) is 1.73. The first-order valence-corrected chi connectivity index (χ1v) is 3.43. The van der Waals surface area contributed by atoms with Crippen molar-refractivity contribution in [2.75, 3.05) is 0 Å². The van der Waals surface area contributed by atoms with Gasteiger partial charge in [0.2, 0.25) is 0 Å². The molecule has 1 rings (SSSR count). The van der Waals surface area contributed by atoms with E-state index >= 15 is 0 Å². The second-order valence-corrected chi connectivity index (χ2v) is 2.71. The molecule has 0 nitrogen and oxygen atoms in total. The number of hydrogen-bond acceptors (Lipinski definition) is 0. The SMILES string of the molecule is [2H]C1=C(C)CC([2H])([2H])[C@H](C(=C)C)C1([2H])[2H]. The van der Waals surface area contributed by atoms with Gasteiger partial charge >= 0.3 is 0 Å². The Hall–Kier alpha value is -0.520. The van der Waals surface area contributed by atoms with Gasteiger partial charge in [-0.15, -0.1) is 0 Å². The maximum absolute atomic E-state index is 7.84. The van der Waals surface area contributed by atoms with Crippen LogP contribution in [-0.2, 0) is 0 Å². The quantitative estimate of drug-likeness (QED) is 0.491. The molecule has 0 aliphatic heterocycles. The van der Waals surface area contributed by atoms with Crippen LogP contribution in [0, 0.1) is 5.92 Å². The highest BCUT2D eigenvalue weighted by Crippen LogP contribution is 2.27. The lowest BCUT2D eigenvalue weighted by Crippen LogP contribution is -2.04. The van der Waals surface area contributed by atoms with Gasteiger partial charge in [-0.05, 0) is 38.9 Å². The largest absolute Gasteiger partial charge is 0.0998 e. The molecular weight excluding hydrogens is 120 g/mol. The Balaban J connectivity index is 3.32. The molecule has 10 heavy (non-hydrogen) atoms. The van der Waals surface area contributed by atoms with Gasteiger partial charge in [-0.25, -0.2) is 0 Å². The van der Waals surface area contributed by atoms with Crippen LogP contribution in [-0.4, -0.2) is 0 Å². The normalized spacial score (nSPS) is 44.2. The van der Waals surface area contributed by atoms with E-state index in [0.29, 0.717) is 11.1 Å². The highest BCUT2D eigenvalue weighted by molar-refractivity contribution is 5.09. The fraction of sp³-hybridized carbons (Fsp3) is 0.600. The van der Waals surface area contributed by atoms with Crippen LogP contribution in [0.25, 0.3) is 0 Å². The zero-order valence-corrected chi connectivity index (χ0v) is 6.49. The van der Waals surface area contributed by atoms with Crippen LogP contribution in [0.2, 0.25) is 0 Å². The Morgan fingerprint density at radius 3 is 3.30 bits per heavy atom. The second-order valence-electron chi connectivity index (χ2n) is 2.71. The predicted octanol–water partition coefficient (Wildman–Crippen LogP) is 3.31. The molecule has 0 saturated carbocycles. The van der Waals surface area contributed by atoms with Gasteiger partial charge in [-0.3, -0.25) is 0 Å². The van der Waals surface area contributed by atoms with Gasteiger partial charge in [0.25, 0.3) is 0 Å². The molecule has 0 radical (unpaired) electrons. The Kier molecular flexibility index (Phi) is 0.990. The zero-order chi connectivity index (χ0) is 12.0. The molecule has 1 aliphatic rings. The molecule has 1 aliphatic carbocycles. The van der Waals surface area contributed by atoms with E-state index in [1.807, 2.05) is 0 Å². The molecule has 0 fully saturated rings. The summed E-state index contributed by atoms with van der Waals surface area (Å²) in [5.74, 6) is -0.929. The van der Waals surface area contributed by atoms with Crippen LogP contribution in [0.15, 0.2) is 23.8 Å².